The molecule has 0 spiro atoms. The molecular weight excluding hydrogens is 711 g/mol. The van der Waals surface area contributed by atoms with Crippen molar-refractivity contribution in [1.29, 1.82) is 0 Å². The molecule has 2 aliphatic carbocycles. The fourth-order valence-electron chi connectivity index (χ4n) is 9.59. The number of rotatable bonds is 10. The fourth-order valence-corrected chi connectivity index (χ4v) is 9.59. The summed E-state index contributed by atoms with van der Waals surface area (Å²) in [6.45, 7) is 1.26. The van der Waals surface area contributed by atoms with Gasteiger partial charge in [0.05, 0.1) is 35.0 Å². The lowest BCUT2D eigenvalue weighted by Crippen LogP contribution is -2.44. The van der Waals surface area contributed by atoms with Crippen LogP contribution in [-0.4, -0.2) is 39.5 Å². The van der Waals surface area contributed by atoms with E-state index in [9.17, 15) is 9.90 Å². The lowest BCUT2D eigenvalue weighted by atomic mass is 9.63. The highest BCUT2D eigenvalue weighted by Crippen LogP contribution is 2.71. The first-order chi connectivity index (χ1) is 27.9. The van der Waals surface area contributed by atoms with Gasteiger partial charge in [-0.05, 0) is 76.2 Å². The number of anilines is 1. The summed E-state index contributed by atoms with van der Waals surface area (Å²) in [4.78, 5) is 54.0. The van der Waals surface area contributed by atoms with Crippen molar-refractivity contribution >= 4 is 29.0 Å². The first-order valence-corrected chi connectivity index (χ1v) is 19.1. The van der Waals surface area contributed by atoms with E-state index in [-0.39, 0.29) is 24.8 Å². The topological polar surface area (TPSA) is 110 Å². The van der Waals surface area contributed by atoms with Gasteiger partial charge in [-0.2, -0.15) is 0 Å². The first-order valence-electron chi connectivity index (χ1n) is 19.1. The van der Waals surface area contributed by atoms with Crippen LogP contribution in [0.4, 0.5) is 5.69 Å². The smallest absolute Gasteiger partial charge is 0.302 e. The first kappa shape index (κ1) is 35.9. The van der Waals surface area contributed by atoms with Gasteiger partial charge >= 0.3 is 5.97 Å². The summed E-state index contributed by atoms with van der Waals surface area (Å²) < 4.78 is 5.58. The number of para-hydroxylation sites is 1. The largest absolute Gasteiger partial charge is 0.466 e. The predicted octanol–water partition coefficient (Wildman–Crippen LogP) is 8.20. The third-order valence-corrected chi connectivity index (χ3v) is 11.9. The number of esters is 1. The summed E-state index contributed by atoms with van der Waals surface area (Å²) >= 11 is 0. The van der Waals surface area contributed by atoms with Crippen LogP contribution < -0.4 is 4.90 Å². The third-order valence-electron chi connectivity index (χ3n) is 11.9. The molecule has 9 rings (SSSR count). The maximum absolute atomic E-state index is 15.4. The van der Waals surface area contributed by atoms with Crippen LogP contribution >= 0.6 is 0 Å². The van der Waals surface area contributed by atoms with Crippen LogP contribution in [0.1, 0.15) is 35.9 Å². The molecule has 4 aromatic carbocycles. The molecule has 2 fully saturated rings. The average molecular weight is 750 g/mol. The number of benzene rings is 4. The summed E-state index contributed by atoms with van der Waals surface area (Å²) in [6, 6.07) is 47.6. The molecule has 57 heavy (non-hydrogen) atoms. The molecule has 8 nitrogen and oxygen atoms in total. The number of fused-ring (bicyclic) bond motifs is 5. The summed E-state index contributed by atoms with van der Waals surface area (Å²) in [5, 5.41) is 13.5. The van der Waals surface area contributed by atoms with Crippen molar-refractivity contribution in [3.05, 3.63) is 204 Å². The number of allylic oxidation sites excluding steroid dienone is 2. The molecule has 3 heterocycles. The molecule has 5 atom stereocenters. The number of ether oxygens (including phenoxy) is 1. The molecule has 1 N–H and O–H groups in total. The monoisotopic (exact) mass is 749 g/mol. The van der Waals surface area contributed by atoms with Gasteiger partial charge in [0.15, 0.2) is 5.60 Å². The summed E-state index contributed by atoms with van der Waals surface area (Å²) in [5.74, 6) is -3.71. The number of pyridine rings is 2. The lowest BCUT2D eigenvalue weighted by Gasteiger charge is -2.39. The van der Waals surface area contributed by atoms with E-state index in [2.05, 4.69) is 24.3 Å². The van der Waals surface area contributed by atoms with Gasteiger partial charge in [-0.15, -0.1) is 0 Å². The molecule has 2 bridgehead atoms. The zero-order chi connectivity index (χ0) is 39.1. The highest BCUT2D eigenvalue weighted by molar-refractivity contribution is 6.25. The Morgan fingerprint density at radius 1 is 0.772 bits per heavy atom. The Kier molecular flexibility index (Phi) is 9.06. The SMILES string of the molecule is CC(=O)OCCC12C(=O)N(c3ccccc3)C(=O)C1C1C(C(O)(c3ccccc3)c3ccccn3)=CC2C1=C(c1ccccn1)c1ccccc1-c1ccccc1. The van der Waals surface area contributed by atoms with Gasteiger partial charge in [-0.25, -0.2) is 4.90 Å². The van der Waals surface area contributed by atoms with E-state index in [0.29, 0.717) is 28.2 Å². The Balaban J connectivity index is 1.38. The van der Waals surface area contributed by atoms with Crippen molar-refractivity contribution in [2.75, 3.05) is 11.5 Å². The number of hydrogen-bond donors (Lipinski definition) is 1. The van der Waals surface area contributed by atoms with Crippen LogP contribution in [0.3, 0.4) is 0 Å². The van der Waals surface area contributed by atoms with Crippen LogP contribution in [0.15, 0.2) is 181 Å². The fraction of sp³-hybridized carbons (Fsp3) is 0.163. The minimum Gasteiger partial charge on any atom is -0.466 e. The van der Waals surface area contributed by atoms with E-state index < -0.39 is 34.7 Å². The molecule has 8 heteroatoms. The Bertz CT molecular complexity index is 2500. The number of carbonyl (C=O) groups excluding carboxylic acids is 3. The standard InChI is InChI=1S/C49H39N3O5/c1-32(53)57-30-27-48-38-31-39(49(56,34-19-7-3-8-20-34)41-26-14-16-29-51-41)44(45(48)46(54)52(47(48)55)35-21-9-4-10-22-35)43(38)42(40-25-13-15-28-50-40)37-24-12-11-23-36(37)33-17-5-2-6-18-33/h2-26,28-29,31,38,44-45,56H,27,30H2,1H3. The quantitative estimate of drug-likeness (QED) is 0.0855. The van der Waals surface area contributed by atoms with Crippen molar-refractivity contribution in [2.45, 2.75) is 18.9 Å². The second-order valence-corrected chi connectivity index (χ2v) is 14.7. The number of aromatic nitrogens is 2. The van der Waals surface area contributed by atoms with Gasteiger partial charge in [-0.3, -0.25) is 24.4 Å². The van der Waals surface area contributed by atoms with Gasteiger partial charge in [0, 0.05) is 36.7 Å². The lowest BCUT2D eigenvalue weighted by molar-refractivity contribution is -0.144. The zero-order valence-corrected chi connectivity index (χ0v) is 31.2. The van der Waals surface area contributed by atoms with Crippen molar-refractivity contribution in [3.63, 3.8) is 0 Å². The molecule has 2 amide bonds. The number of carbonyl (C=O) groups is 3. The molecule has 6 aromatic rings. The molecular formula is C49H39N3O5. The summed E-state index contributed by atoms with van der Waals surface area (Å²) in [7, 11) is 0. The van der Waals surface area contributed by atoms with E-state index in [1.807, 2.05) is 97.1 Å². The van der Waals surface area contributed by atoms with E-state index in [1.165, 1.54) is 11.8 Å². The van der Waals surface area contributed by atoms with E-state index in [1.54, 1.807) is 48.8 Å². The van der Waals surface area contributed by atoms with E-state index >= 15 is 9.59 Å². The number of hydrogen-bond acceptors (Lipinski definition) is 7. The molecule has 1 aliphatic heterocycles. The maximum Gasteiger partial charge on any atom is 0.302 e. The minimum atomic E-state index is -1.80. The number of amides is 2. The molecule has 280 valence electrons. The van der Waals surface area contributed by atoms with Crippen molar-refractivity contribution < 1.29 is 24.2 Å². The second kappa shape index (κ2) is 14.4. The summed E-state index contributed by atoms with van der Waals surface area (Å²) in [5.41, 5.74) is 3.88. The minimum absolute atomic E-state index is 0.0735. The van der Waals surface area contributed by atoms with Crippen LogP contribution in [0.5, 0.6) is 0 Å². The number of aliphatic hydroxyl groups is 1. The van der Waals surface area contributed by atoms with Crippen molar-refractivity contribution in [3.8, 4) is 11.1 Å². The van der Waals surface area contributed by atoms with E-state index in [4.69, 9.17) is 14.7 Å². The Hall–Kier alpha value is -6.77. The molecule has 0 radical (unpaired) electrons. The van der Waals surface area contributed by atoms with E-state index in [0.717, 1.165) is 27.8 Å². The Morgan fingerprint density at radius 2 is 1.40 bits per heavy atom. The molecule has 1 saturated carbocycles. The average Bonchev–Trinajstić information content (AvgIpc) is 3.85. The van der Waals surface area contributed by atoms with Crippen LogP contribution in [0.2, 0.25) is 0 Å². The van der Waals surface area contributed by atoms with Gasteiger partial charge in [-0.1, -0.05) is 121 Å². The van der Waals surface area contributed by atoms with Gasteiger partial charge in [0.2, 0.25) is 11.8 Å². The van der Waals surface area contributed by atoms with Gasteiger partial charge in [0.1, 0.15) is 0 Å². The van der Waals surface area contributed by atoms with Crippen molar-refractivity contribution in [1.82, 2.24) is 9.97 Å². The van der Waals surface area contributed by atoms with Crippen LogP contribution in [0, 0.1) is 23.2 Å². The predicted molar refractivity (Wildman–Crippen MR) is 217 cm³/mol. The second-order valence-electron chi connectivity index (χ2n) is 14.7. The molecule has 5 unspecified atom stereocenters. The summed E-state index contributed by atoms with van der Waals surface area (Å²) in [6.07, 6.45) is 5.47. The Labute approximate surface area is 330 Å². The zero-order valence-electron chi connectivity index (χ0n) is 31.2. The van der Waals surface area contributed by atoms with Gasteiger partial charge < -0.3 is 9.84 Å². The molecule has 3 aliphatic rings. The van der Waals surface area contributed by atoms with Crippen molar-refractivity contribution in [2.24, 2.45) is 23.2 Å². The highest BCUT2D eigenvalue weighted by atomic mass is 16.5. The molecule has 1 saturated heterocycles. The van der Waals surface area contributed by atoms with Crippen LogP contribution in [0.25, 0.3) is 16.7 Å². The highest BCUT2D eigenvalue weighted by Gasteiger charge is 2.74. The molecule has 2 aromatic heterocycles. The third kappa shape index (κ3) is 5.67. The van der Waals surface area contributed by atoms with Crippen LogP contribution in [-0.2, 0) is 24.7 Å². The number of imide groups is 1. The van der Waals surface area contributed by atoms with Gasteiger partial charge in [0.25, 0.3) is 0 Å². The maximum atomic E-state index is 15.4. The Morgan fingerprint density at radius 3 is 2.07 bits per heavy atom. The normalized spacial score (nSPS) is 22.8. The number of nitrogens with zero attached hydrogens (tertiary/aromatic N) is 3.